The van der Waals surface area contributed by atoms with Crippen LogP contribution in [0.1, 0.15) is 0 Å². The Hall–Kier alpha value is -0.660. The fraction of sp³-hybridized carbons (Fsp3) is 0.286. The molecule has 1 aromatic rings. The smallest absolute Gasteiger partial charge is 0.268 e. The molecule has 0 spiro atoms. The number of halogens is 1. The van der Waals surface area contributed by atoms with Crippen molar-refractivity contribution in [2.45, 2.75) is 4.90 Å². The number of pyridine rings is 1. The number of rotatable bonds is 2. The molecule has 1 N–H and O–H groups in total. The number of sulfonamides is 1. The van der Waals surface area contributed by atoms with E-state index in [0.29, 0.717) is 4.47 Å². The van der Waals surface area contributed by atoms with Crippen molar-refractivity contribution in [1.29, 1.82) is 0 Å². The standard InChI is InChI=1S/C7H9BrN2O3S/c1-10(2)14(12,13)6-3-5(8)4-9-7(6)11/h3-4H,1-2H3,(H,9,11). The topological polar surface area (TPSA) is 70.2 Å². The summed E-state index contributed by atoms with van der Waals surface area (Å²) in [7, 11) is -0.929. The quantitative estimate of drug-likeness (QED) is 0.852. The Balaban J connectivity index is 3.48. The van der Waals surface area contributed by atoms with Gasteiger partial charge in [0.25, 0.3) is 5.56 Å². The maximum Gasteiger partial charge on any atom is 0.268 e. The second-order valence-corrected chi connectivity index (χ2v) is 5.83. The minimum Gasteiger partial charge on any atom is -0.327 e. The maximum atomic E-state index is 11.6. The fourth-order valence-corrected chi connectivity index (χ4v) is 2.28. The van der Waals surface area contributed by atoms with Gasteiger partial charge in [0.1, 0.15) is 4.90 Å². The highest BCUT2D eigenvalue weighted by Crippen LogP contribution is 2.13. The zero-order valence-corrected chi connectivity index (χ0v) is 10.0. The number of aromatic amines is 1. The molecule has 0 radical (unpaired) electrons. The monoisotopic (exact) mass is 280 g/mol. The summed E-state index contributed by atoms with van der Waals surface area (Å²) >= 11 is 3.08. The lowest BCUT2D eigenvalue weighted by molar-refractivity contribution is 0.519. The number of nitrogens with zero attached hydrogens (tertiary/aromatic N) is 1. The molecule has 1 aromatic heterocycles. The van der Waals surface area contributed by atoms with E-state index in [4.69, 9.17) is 0 Å². The summed E-state index contributed by atoms with van der Waals surface area (Å²) in [6, 6.07) is 1.27. The Morgan fingerprint density at radius 1 is 1.43 bits per heavy atom. The molecule has 0 bridgehead atoms. The molecule has 14 heavy (non-hydrogen) atoms. The van der Waals surface area contributed by atoms with Crippen LogP contribution in [0.2, 0.25) is 0 Å². The summed E-state index contributed by atoms with van der Waals surface area (Å²) < 4.78 is 24.7. The van der Waals surface area contributed by atoms with Crippen molar-refractivity contribution < 1.29 is 8.42 Å². The van der Waals surface area contributed by atoms with Crippen LogP contribution in [-0.4, -0.2) is 31.8 Å². The van der Waals surface area contributed by atoms with Gasteiger partial charge in [-0.2, -0.15) is 0 Å². The van der Waals surface area contributed by atoms with Crippen LogP contribution in [0.4, 0.5) is 0 Å². The van der Waals surface area contributed by atoms with Gasteiger partial charge in [-0.05, 0) is 22.0 Å². The van der Waals surface area contributed by atoms with Gasteiger partial charge in [-0.3, -0.25) is 4.79 Å². The summed E-state index contributed by atoms with van der Waals surface area (Å²) in [5.74, 6) is 0. The van der Waals surface area contributed by atoms with Crippen molar-refractivity contribution in [3.8, 4) is 0 Å². The van der Waals surface area contributed by atoms with Gasteiger partial charge in [0, 0.05) is 24.8 Å². The highest BCUT2D eigenvalue weighted by Gasteiger charge is 2.20. The van der Waals surface area contributed by atoms with Crippen LogP contribution in [-0.2, 0) is 10.0 Å². The molecule has 0 aromatic carbocycles. The molecule has 0 fully saturated rings. The van der Waals surface area contributed by atoms with Crippen molar-refractivity contribution in [2.24, 2.45) is 0 Å². The molecule has 0 atom stereocenters. The van der Waals surface area contributed by atoms with E-state index in [2.05, 4.69) is 20.9 Å². The Morgan fingerprint density at radius 3 is 2.50 bits per heavy atom. The van der Waals surface area contributed by atoms with Crippen LogP contribution in [0.3, 0.4) is 0 Å². The molecule has 0 unspecified atom stereocenters. The van der Waals surface area contributed by atoms with E-state index in [9.17, 15) is 13.2 Å². The van der Waals surface area contributed by atoms with Gasteiger partial charge in [-0.25, -0.2) is 12.7 Å². The van der Waals surface area contributed by atoms with E-state index in [1.165, 1.54) is 26.4 Å². The molecule has 0 aliphatic heterocycles. The molecule has 78 valence electrons. The van der Waals surface area contributed by atoms with Gasteiger partial charge in [0.15, 0.2) is 0 Å². The average Bonchev–Trinajstić information content (AvgIpc) is 2.08. The summed E-state index contributed by atoms with van der Waals surface area (Å²) in [4.78, 5) is 13.3. The second-order valence-electron chi connectivity index (χ2n) is 2.80. The average molecular weight is 281 g/mol. The number of nitrogens with one attached hydrogen (secondary N) is 1. The molecular weight excluding hydrogens is 272 g/mol. The minimum absolute atomic E-state index is 0.267. The van der Waals surface area contributed by atoms with Gasteiger partial charge in [-0.15, -0.1) is 0 Å². The first-order valence-electron chi connectivity index (χ1n) is 3.66. The van der Waals surface area contributed by atoms with Crippen molar-refractivity contribution in [2.75, 3.05) is 14.1 Å². The number of H-pyrrole nitrogens is 1. The molecule has 0 saturated heterocycles. The summed E-state index contributed by atoms with van der Waals surface area (Å²) in [6.45, 7) is 0. The Morgan fingerprint density at radius 2 is 2.00 bits per heavy atom. The highest BCUT2D eigenvalue weighted by atomic mass is 79.9. The molecule has 1 heterocycles. The first-order valence-corrected chi connectivity index (χ1v) is 5.90. The zero-order valence-electron chi connectivity index (χ0n) is 7.61. The molecule has 1 rings (SSSR count). The molecule has 7 heteroatoms. The fourth-order valence-electron chi connectivity index (χ4n) is 0.826. The lowest BCUT2D eigenvalue weighted by Gasteiger charge is -2.10. The number of hydrogen-bond donors (Lipinski definition) is 1. The van der Waals surface area contributed by atoms with Gasteiger partial charge < -0.3 is 4.98 Å². The SMILES string of the molecule is CN(C)S(=O)(=O)c1cc(Br)c[nH]c1=O. The molecular formula is C7H9BrN2O3S. The normalized spacial score (nSPS) is 12.0. The van der Waals surface area contributed by atoms with E-state index < -0.39 is 15.6 Å². The van der Waals surface area contributed by atoms with Crippen LogP contribution in [0.25, 0.3) is 0 Å². The van der Waals surface area contributed by atoms with Crippen molar-refractivity contribution in [3.63, 3.8) is 0 Å². The molecule has 5 nitrogen and oxygen atoms in total. The first-order chi connectivity index (χ1) is 6.35. The molecule has 0 amide bonds. The summed E-state index contributed by atoms with van der Waals surface area (Å²) in [6.07, 6.45) is 1.39. The lowest BCUT2D eigenvalue weighted by atomic mass is 10.5. The van der Waals surface area contributed by atoms with Gasteiger partial charge in [0.05, 0.1) is 0 Å². The van der Waals surface area contributed by atoms with E-state index in [-0.39, 0.29) is 4.90 Å². The van der Waals surface area contributed by atoms with Crippen molar-refractivity contribution >= 4 is 26.0 Å². The van der Waals surface area contributed by atoms with Crippen LogP contribution in [0.5, 0.6) is 0 Å². The van der Waals surface area contributed by atoms with Gasteiger partial charge in [-0.1, -0.05) is 0 Å². The Labute approximate surface area is 89.9 Å². The second kappa shape index (κ2) is 3.84. The van der Waals surface area contributed by atoms with E-state index in [1.807, 2.05) is 0 Å². The van der Waals surface area contributed by atoms with Crippen molar-refractivity contribution in [3.05, 3.63) is 27.1 Å². The third-order valence-electron chi connectivity index (χ3n) is 1.59. The van der Waals surface area contributed by atoms with Crippen LogP contribution < -0.4 is 5.56 Å². The molecule has 0 saturated carbocycles. The van der Waals surface area contributed by atoms with Crippen molar-refractivity contribution in [1.82, 2.24) is 9.29 Å². The van der Waals surface area contributed by atoms with Gasteiger partial charge in [0.2, 0.25) is 10.0 Å². The largest absolute Gasteiger partial charge is 0.327 e. The third-order valence-corrected chi connectivity index (χ3v) is 3.87. The third kappa shape index (κ3) is 2.05. The van der Waals surface area contributed by atoms with E-state index in [1.54, 1.807) is 0 Å². The first kappa shape index (κ1) is 11.4. The minimum atomic E-state index is -3.67. The maximum absolute atomic E-state index is 11.6. The number of hydrogen-bond acceptors (Lipinski definition) is 3. The van der Waals surface area contributed by atoms with Crippen LogP contribution in [0, 0.1) is 0 Å². The van der Waals surface area contributed by atoms with Gasteiger partial charge >= 0.3 is 0 Å². The lowest BCUT2D eigenvalue weighted by Crippen LogP contribution is -2.28. The van der Waals surface area contributed by atoms with Crippen LogP contribution in [0.15, 0.2) is 26.4 Å². The molecule has 0 aliphatic rings. The highest BCUT2D eigenvalue weighted by molar-refractivity contribution is 9.10. The van der Waals surface area contributed by atoms with E-state index in [0.717, 1.165) is 4.31 Å². The summed E-state index contributed by atoms with van der Waals surface area (Å²) in [5, 5.41) is 0. The Bertz CT molecular complexity index is 492. The summed E-state index contributed by atoms with van der Waals surface area (Å²) in [5.41, 5.74) is -0.623. The number of aromatic nitrogens is 1. The van der Waals surface area contributed by atoms with Crippen LogP contribution >= 0.6 is 15.9 Å². The van der Waals surface area contributed by atoms with E-state index >= 15 is 0 Å². The molecule has 0 aliphatic carbocycles. The Kier molecular flexibility index (Phi) is 3.13. The zero-order chi connectivity index (χ0) is 10.9. The predicted octanol–water partition coefficient (Wildman–Crippen LogP) is 0.388. The predicted molar refractivity (Wildman–Crippen MR) is 55.6 cm³/mol.